The lowest BCUT2D eigenvalue weighted by molar-refractivity contribution is -0.117. The highest BCUT2D eigenvalue weighted by atomic mass is 32.1. The molecule has 0 spiro atoms. The van der Waals surface area contributed by atoms with Crippen LogP contribution < -0.4 is 11.1 Å². The Kier molecular flexibility index (Phi) is 15.7. The van der Waals surface area contributed by atoms with Gasteiger partial charge in [-0.25, -0.2) is 4.98 Å². The SMILES string of the molecule is C=C(C)/C(C)=C(\C)NC(=C)c1ccccc1.CC.CCC(N)=O.CCc1nc2ccccc2s1. The molecule has 1 aromatic heterocycles. The van der Waals surface area contributed by atoms with E-state index in [4.69, 9.17) is 0 Å². The minimum atomic E-state index is -0.245. The third-order valence-electron chi connectivity index (χ3n) is 4.65. The van der Waals surface area contributed by atoms with Crippen LogP contribution in [0.4, 0.5) is 0 Å². The number of benzene rings is 2. The molecular formula is C29H41N3OS. The van der Waals surface area contributed by atoms with Crippen molar-refractivity contribution in [2.75, 3.05) is 0 Å². The van der Waals surface area contributed by atoms with Crippen LogP contribution in [0.5, 0.6) is 0 Å². The number of hydrogen-bond donors (Lipinski definition) is 2. The van der Waals surface area contributed by atoms with Gasteiger partial charge in [0.15, 0.2) is 0 Å². The van der Waals surface area contributed by atoms with Crippen molar-refractivity contribution in [1.82, 2.24) is 10.3 Å². The second-order valence-electron chi connectivity index (χ2n) is 7.25. The molecule has 0 atom stereocenters. The molecule has 1 amide bonds. The van der Waals surface area contributed by atoms with Crippen LogP contribution in [0, 0.1) is 0 Å². The molecule has 0 unspecified atom stereocenters. The summed E-state index contributed by atoms with van der Waals surface area (Å²) in [6, 6.07) is 18.4. The summed E-state index contributed by atoms with van der Waals surface area (Å²) < 4.78 is 1.30. The lowest BCUT2D eigenvalue weighted by Gasteiger charge is -2.13. The van der Waals surface area contributed by atoms with Gasteiger partial charge in [0.05, 0.1) is 15.2 Å². The van der Waals surface area contributed by atoms with E-state index < -0.39 is 0 Å². The van der Waals surface area contributed by atoms with Gasteiger partial charge in [0.1, 0.15) is 0 Å². The van der Waals surface area contributed by atoms with Crippen LogP contribution in [0.2, 0.25) is 0 Å². The van der Waals surface area contributed by atoms with E-state index in [0.29, 0.717) is 6.42 Å². The van der Waals surface area contributed by atoms with Crippen LogP contribution in [0.15, 0.2) is 84.6 Å². The smallest absolute Gasteiger partial charge is 0.217 e. The monoisotopic (exact) mass is 479 g/mol. The summed E-state index contributed by atoms with van der Waals surface area (Å²) in [5, 5.41) is 4.53. The van der Waals surface area contributed by atoms with Gasteiger partial charge in [-0.1, -0.05) is 88.9 Å². The Morgan fingerprint density at radius 3 is 1.97 bits per heavy atom. The zero-order valence-corrected chi connectivity index (χ0v) is 22.7. The van der Waals surface area contributed by atoms with Crippen molar-refractivity contribution in [2.24, 2.45) is 5.73 Å². The average molecular weight is 480 g/mol. The van der Waals surface area contributed by atoms with Gasteiger partial charge in [-0.2, -0.15) is 0 Å². The minimum Gasteiger partial charge on any atom is -0.370 e. The number of para-hydroxylation sites is 1. The van der Waals surface area contributed by atoms with Crippen LogP contribution in [0.1, 0.15) is 65.5 Å². The van der Waals surface area contributed by atoms with E-state index in [-0.39, 0.29) is 5.91 Å². The normalized spacial score (nSPS) is 10.2. The van der Waals surface area contributed by atoms with Crippen molar-refractivity contribution < 1.29 is 4.79 Å². The number of fused-ring (bicyclic) bond motifs is 1. The number of nitrogens with one attached hydrogen (secondary N) is 1. The van der Waals surface area contributed by atoms with Crippen molar-refractivity contribution in [3.63, 3.8) is 0 Å². The number of thiazole rings is 1. The quantitative estimate of drug-likeness (QED) is 0.353. The van der Waals surface area contributed by atoms with Gasteiger partial charge in [0, 0.05) is 17.8 Å². The molecule has 0 radical (unpaired) electrons. The second kappa shape index (κ2) is 17.3. The fraction of sp³-hybridized carbons (Fsp3) is 0.310. The molecule has 0 saturated heterocycles. The van der Waals surface area contributed by atoms with E-state index >= 15 is 0 Å². The summed E-state index contributed by atoms with van der Waals surface area (Å²) in [5.41, 5.74) is 11.2. The molecule has 5 heteroatoms. The highest BCUT2D eigenvalue weighted by molar-refractivity contribution is 7.18. The molecule has 3 aromatic rings. The fourth-order valence-electron chi connectivity index (χ4n) is 2.42. The molecule has 4 nitrogen and oxygen atoms in total. The van der Waals surface area contributed by atoms with Crippen LogP contribution >= 0.6 is 11.3 Å². The molecule has 1 heterocycles. The largest absolute Gasteiger partial charge is 0.370 e. The number of aryl methyl sites for hydroxylation is 1. The number of carbonyl (C=O) groups is 1. The first-order chi connectivity index (χ1) is 16.2. The molecule has 0 aliphatic rings. The number of hydrogen-bond acceptors (Lipinski definition) is 4. The number of primary amides is 1. The predicted molar refractivity (Wildman–Crippen MR) is 152 cm³/mol. The van der Waals surface area contributed by atoms with Crippen molar-refractivity contribution in [3.8, 4) is 0 Å². The van der Waals surface area contributed by atoms with E-state index in [1.807, 2.05) is 64.1 Å². The molecule has 34 heavy (non-hydrogen) atoms. The highest BCUT2D eigenvalue weighted by Gasteiger charge is 2.01. The van der Waals surface area contributed by atoms with E-state index in [0.717, 1.165) is 34.5 Å². The van der Waals surface area contributed by atoms with Crippen LogP contribution in [0.3, 0.4) is 0 Å². The molecule has 3 rings (SSSR count). The molecule has 184 valence electrons. The minimum absolute atomic E-state index is 0.245. The fourth-order valence-corrected chi connectivity index (χ4v) is 3.33. The molecular weight excluding hydrogens is 438 g/mol. The molecule has 0 aliphatic carbocycles. The Morgan fingerprint density at radius 2 is 1.50 bits per heavy atom. The topological polar surface area (TPSA) is 68.0 Å². The van der Waals surface area contributed by atoms with Crippen molar-refractivity contribution in [1.29, 1.82) is 0 Å². The number of nitrogens with zero attached hydrogens (tertiary/aromatic N) is 1. The number of aromatic nitrogens is 1. The number of nitrogens with two attached hydrogens (primary N) is 1. The van der Waals surface area contributed by atoms with Crippen LogP contribution in [-0.2, 0) is 11.2 Å². The molecule has 0 fully saturated rings. The Balaban J connectivity index is 0.000000521. The van der Waals surface area contributed by atoms with E-state index in [1.165, 1.54) is 15.3 Å². The summed E-state index contributed by atoms with van der Waals surface area (Å²) in [6.07, 6.45) is 1.49. The highest BCUT2D eigenvalue weighted by Crippen LogP contribution is 2.21. The van der Waals surface area contributed by atoms with Gasteiger partial charge >= 0.3 is 0 Å². The van der Waals surface area contributed by atoms with E-state index in [9.17, 15) is 4.79 Å². The third-order valence-corrected chi connectivity index (χ3v) is 5.83. The van der Waals surface area contributed by atoms with Gasteiger partial charge in [-0.15, -0.1) is 11.3 Å². The van der Waals surface area contributed by atoms with Crippen LogP contribution in [0.25, 0.3) is 15.9 Å². The summed E-state index contributed by atoms with van der Waals surface area (Å²) in [6.45, 7) is 21.9. The summed E-state index contributed by atoms with van der Waals surface area (Å²) in [5.74, 6) is -0.245. The first-order valence-corrected chi connectivity index (χ1v) is 12.5. The van der Waals surface area contributed by atoms with Crippen LogP contribution in [-0.4, -0.2) is 10.9 Å². The summed E-state index contributed by atoms with van der Waals surface area (Å²) in [7, 11) is 0. The van der Waals surface area contributed by atoms with Gasteiger partial charge in [0.25, 0.3) is 0 Å². The molecule has 0 bridgehead atoms. The summed E-state index contributed by atoms with van der Waals surface area (Å²) in [4.78, 5) is 14.0. The lowest BCUT2D eigenvalue weighted by atomic mass is 10.1. The molecule has 0 saturated carbocycles. The molecule has 3 N–H and O–H groups in total. The Bertz CT molecular complexity index is 1030. The van der Waals surface area contributed by atoms with Crippen molar-refractivity contribution >= 4 is 33.2 Å². The zero-order chi connectivity index (χ0) is 26.1. The van der Waals surface area contributed by atoms with Crippen molar-refractivity contribution in [3.05, 3.63) is 95.2 Å². The van der Waals surface area contributed by atoms with E-state index in [2.05, 4.69) is 61.2 Å². The third kappa shape index (κ3) is 11.6. The maximum absolute atomic E-state index is 9.59. The summed E-state index contributed by atoms with van der Waals surface area (Å²) >= 11 is 1.79. The number of rotatable bonds is 6. The van der Waals surface area contributed by atoms with Gasteiger partial charge in [-0.3, -0.25) is 4.79 Å². The number of amides is 1. The first kappa shape index (κ1) is 30.8. The Hall–Kier alpha value is -3.18. The van der Waals surface area contributed by atoms with Gasteiger partial charge in [0.2, 0.25) is 5.91 Å². The average Bonchev–Trinajstić information content (AvgIpc) is 3.29. The van der Waals surface area contributed by atoms with Crippen molar-refractivity contribution in [2.45, 2.75) is 61.3 Å². The second-order valence-corrected chi connectivity index (χ2v) is 8.36. The Morgan fingerprint density at radius 1 is 0.971 bits per heavy atom. The standard InChI is InChI=1S/C15H19N.C9H9NS.C3H7NO.C2H6/c1-11(2)12(3)13(4)16-14(5)15-9-7-6-8-10-15;1-2-9-10-7-5-3-4-6-8(7)11-9;1-2-3(4)5;1-2/h6-10,16H,1,5H2,2-4H3;3-6H,2H2,1H3;2H2,1H3,(H2,4,5);1-2H3/b13-12+;;;. The first-order valence-electron chi connectivity index (χ1n) is 11.7. The van der Waals surface area contributed by atoms with E-state index in [1.54, 1.807) is 18.3 Å². The zero-order valence-electron chi connectivity index (χ0n) is 21.9. The predicted octanol–water partition coefficient (Wildman–Crippen LogP) is 7.88. The van der Waals surface area contributed by atoms with Gasteiger partial charge < -0.3 is 11.1 Å². The molecule has 0 aliphatic heterocycles. The maximum Gasteiger partial charge on any atom is 0.217 e. The number of allylic oxidation sites excluding steroid dienone is 3. The molecule has 2 aromatic carbocycles. The lowest BCUT2D eigenvalue weighted by Crippen LogP contribution is -2.10. The van der Waals surface area contributed by atoms with Gasteiger partial charge in [-0.05, 0) is 50.5 Å². The Labute approximate surface area is 210 Å². The maximum atomic E-state index is 9.59. The number of carbonyl (C=O) groups excluding carboxylic acids is 1.